The second kappa shape index (κ2) is 8.88. The zero-order chi connectivity index (χ0) is 22.2. The zero-order valence-electron chi connectivity index (χ0n) is 17.4. The molecule has 2 fully saturated rings. The number of halogens is 2. The van der Waals surface area contributed by atoms with Gasteiger partial charge in [-0.15, -0.1) is 0 Å². The van der Waals surface area contributed by atoms with E-state index in [1.807, 2.05) is 18.2 Å². The van der Waals surface area contributed by atoms with Gasteiger partial charge in [-0.05, 0) is 24.3 Å². The minimum atomic E-state index is -0.468. The van der Waals surface area contributed by atoms with Gasteiger partial charge in [-0.3, -0.25) is 0 Å². The van der Waals surface area contributed by atoms with Crippen LogP contribution in [-0.2, 0) is 14.2 Å². The third-order valence-corrected chi connectivity index (χ3v) is 6.34. The molecule has 5 rings (SSSR count). The van der Waals surface area contributed by atoms with E-state index in [4.69, 9.17) is 46.9 Å². The molecule has 0 aliphatic carbocycles. The highest BCUT2D eigenvalue weighted by Gasteiger charge is 2.47. The summed E-state index contributed by atoms with van der Waals surface area (Å²) in [7, 11) is 3.24. The number of nitrogens with zero attached hydrogens (tertiary/aromatic N) is 2. The average Bonchev–Trinajstić information content (AvgIpc) is 3.36. The Kier molecular flexibility index (Phi) is 5.96. The van der Waals surface area contributed by atoms with Crippen molar-refractivity contribution in [1.82, 2.24) is 9.97 Å². The number of fused-ring (bicyclic) bond motifs is 2. The van der Waals surface area contributed by atoms with Crippen molar-refractivity contribution >= 4 is 45.6 Å². The maximum Gasteiger partial charge on any atom is 0.203 e. The molecule has 2 aliphatic heterocycles. The second-order valence-electron chi connectivity index (χ2n) is 7.53. The van der Waals surface area contributed by atoms with E-state index in [0.29, 0.717) is 45.9 Å². The Labute approximate surface area is 194 Å². The number of methoxy groups -OCH3 is 2. The van der Waals surface area contributed by atoms with Gasteiger partial charge >= 0.3 is 0 Å². The molecule has 0 bridgehead atoms. The van der Waals surface area contributed by atoms with E-state index in [0.717, 1.165) is 11.1 Å². The van der Waals surface area contributed by atoms with E-state index in [-0.39, 0.29) is 18.3 Å². The van der Waals surface area contributed by atoms with Gasteiger partial charge in [0.2, 0.25) is 6.29 Å². The molecule has 0 saturated carbocycles. The largest absolute Gasteiger partial charge is 0.493 e. The van der Waals surface area contributed by atoms with Crippen molar-refractivity contribution in [3.63, 3.8) is 0 Å². The van der Waals surface area contributed by atoms with Crippen LogP contribution in [0.1, 0.15) is 6.42 Å². The molecule has 10 heteroatoms. The summed E-state index contributed by atoms with van der Waals surface area (Å²) in [5, 5.41) is 4.94. The van der Waals surface area contributed by atoms with Gasteiger partial charge in [0.15, 0.2) is 11.5 Å². The summed E-state index contributed by atoms with van der Waals surface area (Å²) in [6.45, 7) is 0.531. The third-order valence-electron chi connectivity index (χ3n) is 5.61. The van der Waals surface area contributed by atoms with Crippen molar-refractivity contribution in [2.24, 2.45) is 0 Å². The molecule has 0 spiro atoms. The SMILES string of the molecule is COc1cc2c(Nc3ccc(Cl)c(Cl)c3)ncnc2cc1O[C@@H]1C[C@H]2OC[C@H](OC)[C@H]2O1. The summed E-state index contributed by atoms with van der Waals surface area (Å²) >= 11 is 12.1. The number of hydrogen-bond acceptors (Lipinski definition) is 8. The van der Waals surface area contributed by atoms with Crippen molar-refractivity contribution in [2.45, 2.75) is 31.0 Å². The fraction of sp³-hybridized carbons (Fsp3) is 0.364. The van der Waals surface area contributed by atoms with Crippen LogP contribution in [0.25, 0.3) is 10.9 Å². The Balaban J connectivity index is 1.41. The quantitative estimate of drug-likeness (QED) is 0.551. The first-order chi connectivity index (χ1) is 15.6. The molecule has 2 saturated heterocycles. The Morgan fingerprint density at radius 1 is 1.06 bits per heavy atom. The lowest BCUT2D eigenvalue weighted by Crippen LogP contribution is -2.30. The Morgan fingerprint density at radius 2 is 1.94 bits per heavy atom. The van der Waals surface area contributed by atoms with Gasteiger partial charge < -0.3 is 29.0 Å². The van der Waals surface area contributed by atoms with E-state index in [2.05, 4.69) is 15.3 Å². The topological polar surface area (TPSA) is 84.0 Å². The van der Waals surface area contributed by atoms with Crippen LogP contribution >= 0.6 is 23.2 Å². The number of anilines is 2. The maximum absolute atomic E-state index is 6.13. The molecule has 2 aromatic carbocycles. The highest BCUT2D eigenvalue weighted by molar-refractivity contribution is 6.42. The van der Waals surface area contributed by atoms with Gasteiger partial charge in [0.05, 0.1) is 35.4 Å². The molecular formula is C22H21Cl2N3O5. The number of benzene rings is 2. The number of ether oxygens (including phenoxy) is 5. The molecule has 2 aliphatic rings. The van der Waals surface area contributed by atoms with E-state index in [1.165, 1.54) is 6.33 Å². The summed E-state index contributed by atoms with van der Waals surface area (Å²) in [6, 6.07) is 8.91. The first-order valence-electron chi connectivity index (χ1n) is 10.1. The Hall–Kier alpha value is -2.36. The van der Waals surface area contributed by atoms with Crippen molar-refractivity contribution in [2.75, 3.05) is 26.1 Å². The van der Waals surface area contributed by atoms with Crippen LogP contribution in [-0.4, -0.2) is 55.4 Å². The fourth-order valence-corrected chi connectivity index (χ4v) is 4.29. The van der Waals surface area contributed by atoms with E-state index in [9.17, 15) is 0 Å². The summed E-state index contributed by atoms with van der Waals surface area (Å²) in [5.41, 5.74) is 1.43. The highest BCUT2D eigenvalue weighted by Crippen LogP contribution is 2.39. The monoisotopic (exact) mass is 477 g/mol. The zero-order valence-corrected chi connectivity index (χ0v) is 18.9. The van der Waals surface area contributed by atoms with Gasteiger partial charge in [0.25, 0.3) is 0 Å². The third kappa shape index (κ3) is 4.04. The molecule has 1 N–H and O–H groups in total. The molecule has 0 unspecified atom stereocenters. The molecule has 0 amide bonds. The van der Waals surface area contributed by atoms with Gasteiger partial charge in [-0.1, -0.05) is 23.2 Å². The number of nitrogens with one attached hydrogen (secondary N) is 1. The van der Waals surface area contributed by atoms with E-state index < -0.39 is 6.29 Å². The molecule has 4 atom stereocenters. The standard InChI is InChI=1S/C22H21Cl2N3O5/c1-28-16-6-12-15(25-10-26-22(12)27-11-3-4-13(23)14(24)5-11)7-17(16)31-20-8-18-21(32-20)19(29-2)9-30-18/h3-7,10,18-21H,8-9H2,1-2H3,(H,25,26,27)/t18-,19+,20+,21+/m1/s1. The average molecular weight is 478 g/mol. The van der Waals surface area contributed by atoms with Crippen molar-refractivity contribution in [1.29, 1.82) is 0 Å². The molecular weight excluding hydrogens is 457 g/mol. The van der Waals surface area contributed by atoms with Crippen LogP contribution in [0.5, 0.6) is 11.5 Å². The summed E-state index contributed by atoms with van der Waals surface area (Å²) in [5.74, 6) is 1.66. The van der Waals surface area contributed by atoms with Crippen molar-refractivity contribution < 1.29 is 23.7 Å². The van der Waals surface area contributed by atoms with Crippen molar-refractivity contribution in [3.05, 3.63) is 46.7 Å². The first kappa shape index (κ1) is 21.5. The van der Waals surface area contributed by atoms with Crippen LogP contribution in [0.4, 0.5) is 11.5 Å². The molecule has 168 valence electrons. The Morgan fingerprint density at radius 3 is 2.72 bits per heavy atom. The summed E-state index contributed by atoms with van der Waals surface area (Å²) < 4.78 is 28.9. The molecule has 3 aromatic rings. The molecule has 3 heterocycles. The van der Waals surface area contributed by atoms with Crippen LogP contribution in [0.15, 0.2) is 36.7 Å². The predicted octanol–water partition coefficient (Wildman–Crippen LogP) is 4.60. The van der Waals surface area contributed by atoms with Crippen LogP contribution in [0.2, 0.25) is 10.0 Å². The molecule has 1 aromatic heterocycles. The highest BCUT2D eigenvalue weighted by atomic mass is 35.5. The normalized spacial score (nSPS) is 24.5. The fourth-order valence-electron chi connectivity index (χ4n) is 3.99. The lowest BCUT2D eigenvalue weighted by atomic mass is 10.1. The van der Waals surface area contributed by atoms with Crippen LogP contribution < -0.4 is 14.8 Å². The van der Waals surface area contributed by atoms with E-state index >= 15 is 0 Å². The molecule has 32 heavy (non-hydrogen) atoms. The summed E-state index contributed by atoms with van der Waals surface area (Å²) in [6.07, 6.45) is 1.35. The smallest absolute Gasteiger partial charge is 0.203 e. The van der Waals surface area contributed by atoms with Crippen LogP contribution in [0.3, 0.4) is 0 Å². The summed E-state index contributed by atoms with van der Waals surface area (Å²) in [4.78, 5) is 8.76. The number of rotatable bonds is 6. The lowest BCUT2D eigenvalue weighted by molar-refractivity contribution is -0.108. The lowest BCUT2D eigenvalue weighted by Gasteiger charge is -2.19. The molecule has 0 radical (unpaired) electrons. The predicted molar refractivity (Wildman–Crippen MR) is 120 cm³/mol. The first-order valence-corrected chi connectivity index (χ1v) is 10.8. The van der Waals surface area contributed by atoms with Gasteiger partial charge in [0, 0.05) is 30.7 Å². The minimum absolute atomic E-state index is 0.0410. The van der Waals surface area contributed by atoms with E-state index in [1.54, 1.807) is 26.4 Å². The number of aromatic nitrogens is 2. The minimum Gasteiger partial charge on any atom is -0.493 e. The number of hydrogen-bond donors (Lipinski definition) is 1. The second-order valence-corrected chi connectivity index (χ2v) is 8.34. The van der Waals surface area contributed by atoms with Gasteiger partial charge in [0.1, 0.15) is 24.4 Å². The molecule has 8 nitrogen and oxygen atoms in total. The van der Waals surface area contributed by atoms with Crippen molar-refractivity contribution in [3.8, 4) is 11.5 Å². The van der Waals surface area contributed by atoms with Gasteiger partial charge in [-0.25, -0.2) is 9.97 Å². The van der Waals surface area contributed by atoms with Gasteiger partial charge in [-0.2, -0.15) is 0 Å². The Bertz CT molecular complexity index is 1150. The van der Waals surface area contributed by atoms with Crippen LogP contribution in [0, 0.1) is 0 Å². The maximum atomic E-state index is 6.13.